The van der Waals surface area contributed by atoms with Gasteiger partial charge in [-0.2, -0.15) is 0 Å². The van der Waals surface area contributed by atoms with Gasteiger partial charge in [0.25, 0.3) is 0 Å². The summed E-state index contributed by atoms with van der Waals surface area (Å²) in [6.07, 6.45) is 1.70. The van der Waals surface area contributed by atoms with Crippen LogP contribution in [0.2, 0.25) is 0 Å². The summed E-state index contributed by atoms with van der Waals surface area (Å²) in [6, 6.07) is 16.6. The van der Waals surface area contributed by atoms with E-state index in [2.05, 4.69) is 36.4 Å². The molecule has 2 heterocycles. The molecule has 0 unspecified atom stereocenters. The van der Waals surface area contributed by atoms with Crippen molar-refractivity contribution >= 4 is 29.2 Å². The van der Waals surface area contributed by atoms with Gasteiger partial charge in [0.05, 0.1) is 0 Å². The van der Waals surface area contributed by atoms with Crippen LogP contribution in [0.25, 0.3) is 0 Å². The summed E-state index contributed by atoms with van der Waals surface area (Å²) in [5, 5.41) is 20.0. The van der Waals surface area contributed by atoms with Crippen LogP contribution in [0.15, 0.2) is 60.8 Å². The van der Waals surface area contributed by atoms with Crippen molar-refractivity contribution in [3.63, 3.8) is 0 Å². The number of aromatic nitrogens is 3. The fourth-order valence-electron chi connectivity index (χ4n) is 2.31. The summed E-state index contributed by atoms with van der Waals surface area (Å²) in [6.45, 7) is 2.93. The van der Waals surface area contributed by atoms with E-state index in [-0.39, 0.29) is 6.03 Å². The van der Waals surface area contributed by atoms with Crippen molar-refractivity contribution in [2.24, 2.45) is 0 Å². The number of nitrogens with zero attached hydrogens (tertiary/aromatic N) is 3. The molecule has 0 bridgehead atoms. The van der Waals surface area contributed by atoms with Crippen molar-refractivity contribution in [1.82, 2.24) is 20.5 Å². The van der Waals surface area contributed by atoms with Gasteiger partial charge in [-0.3, -0.25) is 0 Å². The summed E-state index contributed by atoms with van der Waals surface area (Å²) in [5.74, 6) is 1.94. The molecule has 27 heavy (non-hydrogen) atoms. The summed E-state index contributed by atoms with van der Waals surface area (Å²) in [7, 11) is 0. The molecule has 3 aromatic rings. The molecule has 0 aliphatic carbocycles. The first kappa shape index (κ1) is 18.1. The summed E-state index contributed by atoms with van der Waals surface area (Å²) in [5.41, 5.74) is 1.81. The highest BCUT2D eigenvalue weighted by molar-refractivity contribution is 5.90. The number of amides is 2. The van der Waals surface area contributed by atoms with Crippen LogP contribution in [0.1, 0.15) is 5.56 Å². The van der Waals surface area contributed by atoms with Gasteiger partial charge in [0.1, 0.15) is 11.6 Å². The fraction of sp³-hybridized carbons (Fsp3) is 0.158. The average Bonchev–Trinajstić information content (AvgIpc) is 2.69. The Morgan fingerprint density at radius 3 is 2.41 bits per heavy atom. The minimum Gasteiger partial charge on any atom is -0.367 e. The fourth-order valence-corrected chi connectivity index (χ4v) is 2.31. The molecule has 8 nitrogen and oxygen atoms in total. The Labute approximate surface area is 157 Å². The first-order valence-electron chi connectivity index (χ1n) is 8.57. The largest absolute Gasteiger partial charge is 0.367 e. The summed E-state index contributed by atoms with van der Waals surface area (Å²) >= 11 is 0. The lowest BCUT2D eigenvalue weighted by atomic mass is 10.2. The highest BCUT2D eigenvalue weighted by Gasteiger charge is 2.03. The van der Waals surface area contributed by atoms with Crippen LogP contribution in [0, 0.1) is 6.92 Å². The highest BCUT2D eigenvalue weighted by Crippen LogP contribution is 2.13. The number of carbonyl (C=O) groups excluding carboxylic acids is 1. The number of para-hydroxylation sites is 1. The van der Waals surface area contributed by atoms with Gasteiger partial charge in [-0.1, -0.05) is 24.3 Å². The molecule has 2 aromatic heterocycles. The maximum Gasteiger partial charge on any atom is 0.319 e. The van der Waals surface area contributed by atoms with E-state index in [9.17, 15) is 4.79 Å². The van der Waals surface area contributed by atoms with E-state index < -0.39 is 0 Å². The average molecular weight is 363 g/mol. The predicted molar refractivity (Wildman–Crippen MR) is 106 cm³/mol. The van der Waals surface area contributed by atoms with Crippen LogP contribution in [0.5, 0.6) is 0 Å². The Hall–Kier alpha value is -3.68. The predicted octanol–water partition coefficient (Wildman–Crippen LogP) is 3.16. The Bertz CT molecular complexity index is 869. The number of anilines is 4. The number of hydrogen-bond acceptors (Lipinski definition) is 6. The van der Waals surface area contributed by atoms with Crippen molar-refractivity contribution in [3.8, 4) is 0 Å². The zero-order chi connectivity index (χ0) is 18.9. The van der Waals surface area contributed by atoms with Crippen molar-refractivity contribution < 1.29 is 4.79 Å². The van der Waals surface area contributed by atoms with Gasteiger partial charge in [-0.05, 0) is 42.8 Å². The van der Waals surface area contributed by atoms with E-state index >= 15 is 0 Å². The van der Waals surface area contributed by atoms with Crippen molar-refractivity contribution in [3.05, 3.63) is 66.4 Å². The number of nitrogens with one attached hydrogen (secondary N) is 4. The second kappa shape index (κ2) is 9.14. The lowest BCUT2D eigenvalue weighted by Gasteiger charge is -2.10. The van der Waals surface area contributed by atoms with E-state index in [1.54, 1.807) is 6.20 Å². The second-order valence-electron chi connectivity index (χ2n) is 5.77. The van der Waals surface area contributed by atoms with E-state index in [0.717, 1.165) is 11.3 Å². The van der Waals surface area contributed by atoms with Gasteiger partial charge >= 0.3 is 6.03 Å². The molecule has 0 spiro atoms. The van der Waals surface area contributed by atoms with Crippen molar-refractivity contribution in [2.45, 2.75) is 6.92 Å². The molecule has 2 amide bonds. The van der Waals surface area contributed by atoms with Crippen LogP contribution in [-0.2, 0) is 0 Å². The van der Waals surface area contributed by atoms with Gasteiger partial charge in [0.15, 0.2) is 5.82 Å². The minimum absolute atomic E-state index is 0.243. The molecule has 0 radical (unpaired) electrons. The van der Waals surface area contributed by atoms with E-state index in [0.29, 0.717) is 30.5 Å². The molecule has 0 atom stereocenters. The van der Waals surface area contributed by atoms with E-state index in [4.69, 9.17) is 0 Å². The SMILES string of the molecule is Cc1ccccc1NC(=O)NCCNc1ccc(Nc2ccccn2)nn1. The number of hydrogen-bond donors (Lipinski definition) is 4. The van der Waals surface area contributed by atoms with Crippen LogP contribution < -0.4 is 21.3 Å². The smallest absolute Gasteiger partial charge is 0.319 e. The molecule has 3 rings (SSSR count). The zero-order valence-corrected chi connectivity index (χ0v) is 14.9. The zero-order valence-electron chi connectivity index (χ0n) is 14.9. The van der Waals surface area contributed by atoms with Gasteiger partial charge in [0, 0.05) is 25.0 Å². The second-order valence-corrected chi connectivity index (χ2v) is 5.77. The molecule has 4 N–H and O–H groups in total. The highest BCUT2D eigenvalue weighted by atomic mass is 16.2. The number of benzene rings is 1. The van der Waals surface area contributed by atoms with Gasteiger partial charge in [0.2, 0.25) is 0 Å². The van der Waals surface area contributed by atoms with E-state index in [1.807, 2.05) is 61.5 Å². The third-order valence-corrected chi connectivity index (χ3v) is 3.70. The Balaban J connectivity index is 1.39. The molecule has 0 aliphatic heterocycles. The van der Waals surface area contributed by atoms with Crippen LogP contribution in [0.3, 0.4) is 0 Å². The molecule has 0 saturated carbocycles. The quantitative estimate of drug-likeness (QED) is 0.481. The molecule has 1 aromatic carbocycles. The molecule has 0 saturated heterocycles. The van der Waals surface area contributed by atoms with Gasteiger partial charge < -0.3 is 21.3 Å². The summed E-state index contributed by atoms with van der Waals surface area (Å²) < 4.78 is 0. The minimum atomic E-state index is -0.243. The van der Waals surface area contributed by atoms with Crippen LogP contribution in [0.4, 0.5) is 27.9 Å². The van der Waals surface area contributed by atoms with Gasteiger partial charge in [-0.25, -0.2) is 9.78 Å². The molecular formula is C19H21N7O. The lowest BCUT2D eigenvalue weighted by molar-refractivity contribution is 0.252. The number of carbonyl (C=O) groups is 1. The molecule has 138 valence electrons. The standard InChI is InChI=1S/C19H21N7O/c1-14-6-2-3-7-15(14)23-19(27)22-13-12-21-17-9-10-18(26-25-17)24-16-8-4-5-11-20-16/h2-11H,12-13H2,1H3,(H,21,25)(H,20,24,26)(H2,22,23,27). The molecule has 0 fully saturated rings. The topological polar surface area (TPSA) is 104 Å². The van der Waals surface area contributed by atoms with Crippen molar-refractivity contribution in [2.75, 3.05) is 29.0 Å². The normalized spacial score (nSPS) is 10.1. The maximum atomic E-state index is 11.9. The lowest BCUT2D eigenvalue weighted by Crippen LogP contribution is -2.32. The molecule has 0 aliphatic rings. The Morgan fingerprint density at radius 2 is 1.67 bits per heavy atom. The first-order valence-corrected chi connectivity index (χ1v) is 8.57. The maximum absolute atomic E-state index is 11.9. The molecule has 8 heteroatoms. The van der Waals surface area contributed by atoms with Crippen LogP contribution in [-0.4, -0.2) is 34.3 Å². The monoisotopic (exact) mass is 363 g/mol. The Morgan fingerprint density at radius 1 is 0.889 bits per heavy atom. The number of pyridine rings is 1. The third-order valence-electron chi connectivity index (χ3n) is 3.70. The van der Waals surface area contributed by atoms with E-state index in [1.165, 1.54) is 0 Å². The first-order chi connectivity index (χ1) is 13.2. The number of urea groups is 1. The number of aryl methyl sites for hydroxylation is 1. The van der Waals surface area contributed by atoms with Gasteiger partial charge in [-0.15, -0.1) is 10.2 Å². The summed E-state index contributed by atoms with van der Waals surface area (Å²) in [4.78, 5) is 16.1. The number of rotatable bonds is 7. The molecular weight excluding hydrogens is 342 g/mol. The van der Waals surface area contributed by atoms with Crippen molar-refractivity contribution in [1.29, 1.82) is 0 Å². The van der Waals surface area contributed by atoms with Crippen LogP contribution >= 0.6 is 0 Å². The Kier molecular flexibility index (Phi) is 6.13. The third kappa shape index (κ3) is 5.67.